The third-order valence-corrected chi connectivity index (χ3v) is 5.59. The predicted molar refractivity (Wildman–Crippen MR) is 77.4 cm³/mol. The van der Waals surface area contributed by atoms with Crippen LogP contribution in [0.15, 0.2) is 12.2 Å². The molecule has 0 aromatic heterocycles. The number of allylic oxidation sites excluding steroid dienone is 1. The molecule has 0 fully saturated rings. The lowest BCUT2D eigenvalue weighted by Gasteiger charge is -2.05. The van der Waals surface area contributed by atoms with Gasteiger partial charge in [-0.25, -0.2) is 0 Å². The highest BCUT2D eigenvalue weighted by Crippen LogP contribution is 2.11. The molecular formula is C14H28O2Si. The van der Waals surface area contributed by atoms with E-state index < -0.39 is 6.10 Å². The maximum Gasteiger partial charge on any atom is 0.132 e. The SMILES string of the molecule is CCC(C)[SiH2]CCCCC=CC(O)CC(C)=O. The maximum atomic E-state index is 10.7. The number of rotatable bonds is 10. The number of Topliss-reactive ketones (excluding diaryl/α,β-unsaturated/α-hetero) is 1. The van der Waals surface area contributed by atoms with Crippen LogP contribution in [0.3, 0.4) is 0 Å². The van der Waals surface area contributed by atoms with Gasteiger partial charge in [-0.15, -0.1) is 0 Å². The minimum atomic E-state index is -0.581. The van der Waals surface area contributed by atoms with Gasteiger partial charge >= 0.3 is 0 Å². The average Bonchev–Trinajstić information content (AvgIpc) is 2.26. The summed E-state index contributed by atoms with van der Waals surface area (Å²) in [5.74, 6) is 0.0432. The molecular weight excluding hydrogens is 228 g/mol. The zero-order valence-corrected chi connectivity index (χ0v) is 13.0. The van der Waals surface area contributed by atoms with Crippen molar-refractivity contribution in [1.82, 2.24) is 0 Å². The summed E-state index contributed by atoms with van der Waals surface area (Å²) in [4.78, 5) is 10.7. The second-order valence-electron chi connectivity index (χ2n) is 5.05. The van der Waals surface area contributed by atoms with E-state index in [1.807, 2.05) is 6.08 Å². The molecule has 0 rings (SSSR count). The molecule has 3 heteroatoms. The largest absolute Gasteiger partial charge is 0.389 e. The fourth-order valence-electron chi connectivity index (χ4n) is 1.75. The molecule has 0 saturated heterocycles. The van der Waals surface area contributed by atoms with Gasteiger partial charge < -0.3 is 5.11 Å². The Balaban J connectivity index is 3.38. The second kappa shape index (κ2) is 10.7. The lowest BCUT2D eigenvalue weighted by molar-refractivity contribution is -0.118. The Morgan fingerprint density at radius 2 is 2.12 bits per heavy atom. The van der Waals surface area contributed by atoms with Crippen molar-refractivity contribution in [1.29, 1.82) is 0 Å². The van der Waals surface area contributed by atoms with Gasteiger partial charge in [0.05, 0.1) is 6.10 Å². The van der Waals surface area contributed by atoms with Gasteiger partial charge in [-0.2, -0.15) is 0 Å². The molecule has 1 N–H and O–H groups in total. The molecule has 0 aromatic carbocycles. The molecule has 0 radical (unpaired) electrons. The highest BCUT2D eigenvalue weighted by Gasteiger charge is 2.02. The molecule has 0 aliphatic carbocycles. The zero-order chi connectivity index (χ0) is 13.1. The van der Waals surface area contributed by atoms with E-state index in [1.165, 1.54) is 32.2 Å². The Labute approximate surface area is 108 Å². The molecule has 0 bridgehead atoms. The third-order valence-electron chi connectivity index (χ3n) is 3.12. The van der Waals surface area contributed by atoms with Gasteiger partial charge in [0.2, 0.25) is 0 Å². The standard InChI is InChI=1S/C14H28O2Si/c1-4-13(3)17-10-8-6-5-7-9-14(16)11-12(2)15/h7,9,13-14,16H,4-6,8,10-11,17H2,1-3H3. The number of unbranched alkanes of at least 4 members (excludes halogenated alkanes) is 2. The van der Waals surface area contributed by atoms with Crippen molar-refractivity contribution in [3.05, 3.63) is 12.2 Å². The molecule has 0 aliphatic rings. The van der Waals surface area contributed by atoms with Gasteiger partial charge in [0.1, 0.15) is 5.78 Å². The predicted octanol–water partition coefficient (Wildman–Crippen LogP) is 2.86. The van der Waals surface area contributed by atoms with Crippen LogP contribution in [0, 0.1) is 0 Å². The van der Waals surface area contributed by atoms with E-state index in [2.05, 4.69) is 13.8 Å². The summed E-state index contributed by atoms with van der Waals surface area (Å²) in [5, 5.41) is 9.43. The quantitative estimate of drug-likeness (QED) is 0.371. The first-order chi connectivity index (χ1) is 8.06. The zero-order valence-electron chi connectivity index (χ0n) is 11.6. The number of carbonyl (C=O) groups is 1. The van der Waals surface area contributed by atoms with E-state index in [-0.39, 0.29) is 21.7 Å². The van der Waals surface area contributed by atoms with Gasteiger partial charge in [-0.3, -0.25) is 4.79 Å². The smallest absolute Gasteiger partial charge is 0.132 e. The highest BCUT2D eigenvalue weighted by molar-refractivity contribution is 6.37. The molecule has 0 saturated carbocycles. The number of hydrogen-bond donors (Lipinski definition) is 1. The first-order valence-electron chi connectivity index (χ1n) is 6.90. The first kappa shape index (κ1) is 16.6. The van der Waals surface area contributed by atoms with Crippen molar-refractivity contribution in [2.24, 2.45) is 0 Å². The summed E-state index contributed by atoms with van der Waals surface area (Å²) >= 11 is 0. The lowest BCUT2D eigenvalue weighted by Crippen LogP contribution is -2.07. The lowest BCUT2D eigenvalue weighted by atomic mass is 10.1. The topological polar surface area (TPSA) is 37.3 Å². The van der Waals surface area contributed by atoms with Crippen molar-refractivity contribution in [2.45, 2.75) is 70.6 Å². The van der Waals surface area contributed by atoms with Crippen LogP contribution in [-0.2, 0) is 4.79 Å². The molecule has 0 aliphatic heterocycles. The molecule has 0 aromatic rings. The first-order valence-corrected chi connectivity index (χ1v) is 8.72. The van der Waals surface area contributed by atoms with Gasteiger partial charge in [-0.1, -0.05) is 56.8 Å². The van der Waals surface area contributed by atoms with E-state index in [1.54, 1.807) is 6.08 Å². The number of carbonyl (C=O) groups excluding carboxylic acids is 1. The second-order valence-corrected chi connectivity index (χ2v) is 7.73. The molecule has 0 heterocycles. The minimum absolute atomic E-state index is 0.0432. The molecule has 0 spiro atoms. The van der Waals surface area contributed by atoms with Gasteiger partial charge in [-0.05, 0) is 13.3 Å². The molecule has 17 heavy (non-hydrogen) atoms. The Kier molecular flexibility index (Phi) is 10.5. The Morgan fingerprint density at radius 1 is 1.41 bits per heavy atom. The summed E-state index contributed by atoms with van der Waals surface area (Å²) in [6.07, 6.45) is 8.34. The molecule has 2 unspecified atom stereocenters. The van der Waals surface area contributed by atoms with Crippen LogP contribution in [0.4, 0.5) is 0 Å². The van der Waals surface area contributed by atoms with Crippen molar-refractivity contribution in [3.8, 4) is 0 Å². The van der Waals surface area contributed by atoms with Crippen LogP contribution >= 0.6 is 0 Å². The van der Waals surface area contributed by atoms with Crippen LogP contribution in [0.2, 0.25) is 11.6 Å². The van der Waals surface area contributed by atoms with Crippen molar-refractivity contribution >= 4 is 15.3 Å². The summed E-state index contributed by atoms with van der Waals surface area (Å²) < 4.78 is 0. The third kappa shape index (κ3) is 11.8. The fraction of sp³-hybridized carbons (Fsp3) is 0.786. The number of hydrogen-bond acceptors (Lipinski definition) is 2. The fourth-order valence-corrected chi connectivity index (χ4v) is 3.50. The van der Waals surface area contributed by atoms with E-state index in [9.17, 15) is 9.90 Å². The molecule has 0 amide bonds. The average molecular weight is 256 g/mol. The Hall–Kier alpha value is -0.413. The van der Waals surface area contributed by atoms with Gasteiger partial charge in [0, 0.05) is 15.9 Å². The van der Waals surface area contributed by atoms with Crippen LogP contribution < -0.4 is 0 Å². The summed E-state index contributed by atoms with van der Waals surface area (Å²) in [7, 11) is 0.152. The van der Waals surface area contributed by atoms with E-state index in [4.69, 9.17) is 0 Å². The van der Waals surface area contributed by atoms with Gasteiger partial charge in [0.15, 0.2) is 0 Å². The summed E-state index contributed by atoms with van der Waals surface area (Å²) in [5.41, 5.74) is 0.989. The van der Waals surface area contributed by atoms with Crippen molar-refractivity contribution in [3.63, 3.8) is 0 Å². The molecule has 2 nitrogen and oxygen atoms in total. The maximum absolute atomic E-state index is 10.7. The normalized spacial score (nSPS) is 15.8. The van der Waals surface area contributed by atoms with E-state index in [0.29, 0.717) is 0 Å². The van der Waals surface area contributed by atoms with Crippen LogP contribution in [0.1, 0.15) is 52.9 Å². The summed E-state index contributed by atoms with van der Waals surface area (Å²) in [6, 6.07) is 1.44. The van der Waals surface area contributed by atoms with E-state index >= 15 is 0 Å². The number of ketones is 1. The molecule has 100 valence electrons. The summed E-state index contributed by atoms with van der Waals surface area (Å²) in [6.45, 7) is 6.15. The highest BCUT2D eigenvalue weighted by atomic mass is 28.2. The van der Waals surface area contributed by atoms with Crippen molar-refractivity contribution < 1.29 is 9.90 Å². The van der Waals surface area contributed by atoms with Crippen LogP contribution in [0.25, 0.3) is 0 Å². The van der Waals surface area contributed by atoms with Crippen LogP contribution in [0.5, 0.6) is 0 Å². The Morgan fingerprint density at radius 3 is 2.71 bits per heavy atom. The Bertz CT molecular complexity index is 226. The van der Waals surface area contributed by atoms with Crippen molar-refractivity contribution in [2.75, 3.05) is 0 Å². The van der Waals surface area contributed by atoms with Gasteiger partial charge in [0.25, 0.3) is 0 Å². The molecule has 2 atom stereocenters. The minimum Gasteiger partial charge on any atom is -0.389 e. The monoisotopic (exact) mass is 256 g/mol. The van der Waals surface area contributed by atoms with Crippen LogP contribution in [-0.4, -0.2) is 26.5 Å². The number of aliphatic hydroxyl groups is 1. The number of aliphatic hydroxyl groups excluding tert-OH is 1. The van der Waals surface area contributed by atoms with E-state index in [0.717, 1.165) is 12.0 Å².